The average molecular weight is 236 g/mol. The van der Waals surface area contributed by atoms with Gasteiger partial charge in [-0.25, -0.2) is 0 Å². The number of carbonyl (C=O) groups is 1. The maximum absolute atomic E-state index is 12.1. The summed E-state index contributed by atoms with van der Waals surface area (Å²) in [7, 11) is 1.84. The van der Waals surface area contributed by atoms with Gasteiger partial charge in [0.15, 0.2) is 0 Å². The predicted molar refractivity (Wildman–Crippen MR) is 66.8 cm³/mol. The summed E-state index contributed by atoms with van der Waals surface area (Å²) in [5.41, 5.74) is 0.914. The number of hydrogen-bond acceptors (Lipinski definition) is 3. The molecule has 94 valence electrons. The summed E-state index contributed by atoms with van der Waals surface area (Å²) in [6.45, 7) is 4.99. The third-order valence-corrected chi connectivity index (χ3v) is 3.35. The van der Waals surface area contributed by atoms with Crippen molar-refractivity contribution in [3.05, 3.63) is 11.8 Å². The highest BCUT2D eigenvalue weighted by atomic mass is 16.2. The van der Waals surface area contributed by atoms with Crippen molar-refractivity contribution < 1.29 is 4.79 Å². The van der Waals surface area contributed by atoms with Crippen LogP contribution in [-0.4, -0.2) is 28.3 Å². The molecule has 0 bridgehead atoms. The lowest BCUT2D eigenvalue weighted by molar-refractivity contribution is -0.121. The molecule has 2 atom stereocenters. The molecule has 1 aliphatic rings. The molecule has 2 heterocycles. The summed E-state index contributed by atoms with van der Waals surface area (Å²) < 4.78 is 1.70. The zero-order valence-electron chi connectivity index (χ0n) is 10.7. The van der Waals surface area contributed by atoms with Gasteiger partial charge in [-0.2, -0.15) is 5.10 Å². The fraction of sp³-hybridized carbons (Fsp3) is 0.667. The van der Waals surface area contributed by atoms with Crippen molar-refractivity contribution in [1.82, 2.24) is 15.1 Å². The largest absolute Gasteiger partial charge is 0.313 e. The van der Waals surface area contributed by atoms with E-state index in [0.717, 1.165) is 30.9 Å². The maximum Gasteiger partial charge on any atom is 0.230 e. The van der Waals surface area contributed by atoms with Crippen molar-refractivity contribution in [2.75, 3.05) is 11.9 Å². The highest BCUT2D eigenvalue weighted by Gasteiger charge is 2.27. The zero-order chi connectivity index (χ0) is 12.4. The van der Waals surface area contributed by atoms with E-state index >= 15 is 0 Å². The second kappa shape index (κ2) is 4.87. The Kier molecular flexibility index (Phi) is 3.47. The summed E-state index contributed by atoms with van der Waals surface area (Å²) in [6.07, 6.45) is 2.02. The van der Waals surface area contributed by atoms with Gasteiger partial charge in [0.2, 0.25) is 5.91 Å². The number of carbonyl (C=O) groups excluding carboxylic acids is 1. The Morgan fingerprint density at radius 3 is 3.00 bits per heavy atom. The van der Waals surface area contributed by atoms with Crippen LogP contribution >= 0.6 is 0 Å². The van der Waals surface area contributed by atoms with Crippen LogP contribution in [-0.2, 0) is 11.8 Å². The fourth-order valence-electron chi connectivity index (χ4n) is 2.35. The van der Waals surface area contributed by atoms with Gasteiger partial charge in [-0.1, -0.05) is 0 Å². The molecular formula is C12H20N4O. The van der Waals surface area contributed by atoms with Crippen LogP contribution in [0.2, 0.25) is 0 Å². The van der Waals surface area contributed by atoms with Crippen LogP contribution in [0, 0.1) is 12.8 Å². The fourth-order valence-corrected chi connectivity index (χ4v) is 2.35. The Morgan fingerprint density at radius 2 is 2.41 bits per heavy atom. The van der Waals surface area contributed by atoms with Crippen LogP contribution < -0.4 is 10.6 Å². The second-order valence-electron chi connectivity index (χ2n) is 4.78. The highest BCUT2D eigenvalue weighted by molar-refractivity contribution is 5.92. The number of rotatable bonds is 2. The van der Waals surface area contributed by atoms with Gasteiger partial charge in [-0.15, -0.1) is 0 Å². The Hall–Kier alpha value is -1.36. The van der Waals surface area contributed by atoms with E-state index in [2.05, 4.69) is 22.7 Å². The number of nitrogens with one attached hydrogen (secondary N) is 2. The summed E-state index contributed by atoms with van der Waals surface area (Å²) in [4.78, 5) is 12.1. The molecular weight excluding hydrogens is 216 g/mol. The molecule has 0 aromatic carbocycles. The van der Waals surface area contributed by atoms with E-state index in [1.165, 1.54) is 0 Å². The Labute approximate surface area is 102 Å². The van der Waals surface area contributed by atoms with Gasteiger partial charge >= 0.3 is 0 Å². The van der Waals surface area contributed by atoms with Gasteiger partial charge in [-0.3, -0.25) is 9.48 Å². The molecule has 5 heteroatoms. The van der Waals surface area contributed by atoms with Gasteiger partial charge in [0.05, 0.1) is 11.6 Å². The lowest BCUT2D eigenvalue weighted by Gasteiger charge is -2.28. The van der Waals surface area contributed by atoms with E-state index in [4.69, 9.17) is 0 Å². The lowest BCUT2D eigenvalue weighted by Crippen LogP contribution is -2.44. The molecule has 1 fully saturated rings. The normalized spacial score (nSPS) is 24.6. The van der Waals surface area contributed by atoms with E-state index < -0.39 is 0 Å². The lowest BCUT2D eigenvalue weighted by atomic mass is 9.91. The molecule has 0 saturated carbocycles. The minimum atomic E-state index is 0.0546. The highest BCUT2D eigenvalue weighted by Crippen LogP contribution is 2.19. The van der Waals surface area contributed by atoms with E-state index in [0.29, 0.717) is 0 Å². The SMILES string of the molecule is Cc1cc(NC(=O)C2CCCNC2C)n(C)n1. The van der Waals surface area contributed by atoms with Gasteiger partial charge in [0, 0.05) is 19.2 Å². The molecule has 2 rings (SSSR count). The van der Waals surface area contributed by atoms with Gasteiger partial charge in [0.25, 0.3) is 0 Å². The number of hydrogen-bond donors (Lipinski definition) is 2. The molecule has 17 heavy (non-hydrogen) atoms. The van der Waals surface area contributed by atoms with Gasteiger partial charge < -0.3 is 10.6 Å². The van der Waals surface area contributed by atoms with Crippen LogP contribution in [0.3, 0.4) is 0 Å². The molecule has 2 N–H and O–H groups in total. The van der Waals surface area contributed by atoms with Crippen molar-refractivity contribution in [2.24, 2.45) is 13.0 Å². The summed E-state index contributed by atoms with van der Waals surface area (Å²) in [5.74, 6) is 0.914. The first-order valence-electron chi connectivity index (χ1n) is 6.13. The average Bonchev–Trinajstić information content (AvgIpc) is 2.58. The second-order valence-corrected chi connectivity index (χ2v) is 4.78. The molecule has 1 amide bonds. The van der Waals surface area contributed by atoms with E-state index in [1.807, 2.05) is 20.0 Å². The van der Waals surface area contributed by atoms with E-state index in [1.54, 1.807) is 4.68 Å². The van der Waals surface area contributed by atoms with Crippen LogP contribution in [0.4, 0.5) is 5.82 Å². The molecule has 1 aromatic rings. The Morgan fingerprint density at radius 1 is 1.65 bits per heavy atom. The number of aryl methyl sites for hydroxylation is 2. The van der Waals surface area contributed by atoms with Crippen molar-refractivity contribution in [3.8, 4) is 0 Å². The molecule has 5 nitrogen and oxygen atoms in total. The van der Waals surface area contributed by atoms with Crippen LogP contribution in [0.5, 0.6) is 0 Å². The van der Waals surface area contributed by atoms with Crippen LogP contribution in [0.15, 0.2) is 6.07 Å². The Bertz CT molecular complexity index is 413. The third-order valence-electron chi connectivity index (χ3n) is 3.35. The standard InChI is InChI=1S/C12H20N4O/c1-8-7-11(16(3)15-8)14-12(17)10-5-4-6-13-9(10)2/h7,9-10,13H,4-6H2,1-3H3,(H,14,17). The molecule has 1 saturated heterocycles. The van der Waals surface area contributed by atoms with E-state index in [9.17, 15) is 4.79 Å². The minimum Gasteiger partial charge on any atom is -0.313 e. The monoisotopic (exact) mass is 236 g/mol. The minimum absolute atomic E-state index is 0.0546. The summed E-state index contributed by atoms with van der Waals surface area (Å²) in [6, 6.07) is 2.14. The van der Waals surface area contributed by atoms with Crippen LogP contribution in [0.25, 0.3) is 0 Å². The first kappa shape index (κ1) is 12.1. The maximum atomic E-state index is 12.1. The van der Waals surface area contributed by atoms with E-state index in [-0.39, 0.29) is 17.9 Å². The third kappa shape index (κ3) is 2.66. The molecule has 0 spiro atoms. The smallest absolute Gasteiger partial charge is 0.230 e. The number of piperidine rings is 1. The van der Waals surface area contributed by atoms with Crippen molar-refractivity contribution in [1.29, 1.82) is 0 Å². The summed E-state index contributed by atoms with van der Waals surface area (Å²) >= 11 is 0. The summed E-state index contributed by atoms with van der Waals surface area (Å²) in [5, 5.41) is 10.5. The first-order chi connectivity index (χ1) is 8.08. The van der Waals surface area contributed by atoms with Gasteiger partial charge in [0.1, 0.15) is 5.82 Å². The molecule has 0 radical (unpaired) electrons. The molecule has 2 unspecified atom stereocenters. The van der Waals surface area contributed by atoms with Gasteiger partial charge in [-0.05, 0) is 33.2 Å². The van der Waals surface area contributed by atoms with Crippen molar-refractivity contribution in [2.45, 2.75) is 32.7 Å². The topological polar surface area (TPSA) is 59.0 Å². The molecule has 1 aliphatic heterocycles. The number of amides is 1. The Balaban J connectivity index is 2.03. The van der Waals surface area contributed by atoms with Crippen molar-refractivity contribution in [3.63, 3.8) is 0 Å². The number of aromatic nitrogens is 2. The predicted octanol–water partition coefficient (Wildman–Crippen LogP) is 1.06. The number of nitrogens with zero attached hydrogens (tertiary/aromatic N) is 2. The van der Waals surface area contributed by atoms with Crippen molar-refractivity contribution >= 4 is 11.7 Å². The molecule has 0 aliphatic carbocycles. The quantitative estimate of drug-likeness (QED) is 0.807. The van der Waals surface area contributed by atoms with Crippen LogP contribution in [0.1, 0.15) is 25.5 Å². The zero-order valence-corrected chi connectivity index (χ0v) is 10.7. The first-order valence-corrected chi connectivity index (χ1v) is 6.13. The molecule has 1 aromatic heterocycles. The number of anilines is 1.